The number of nitrogens with one attached hydrogen (secondary N) is 2. The highest BCUT2D eigenvalue weighted by Gasteiger charge is 2.58. The Hall–Kier alpha value is -4.56. The molecule has 3 heterocycles. The zero-order valence-electron chi connectivity index (χ0n) is 24.1. The molecule has 1 atom stereocenters. The summed E-state index contributed by atoms with van der Waals surface area (Å²) in [6.07, 6.45) is -0.727. The van der Waals surface area contributed by atoms with Gasteiger partial charge in [-0.1, -0.05) is 0 Å². The average Bonchev–Trinajstić information content (AvgIpc) is 3.85. The van der Waals surface area contributed by atoms with E-state index >= 15 is 0 Å². The number of hydrogen-bond donors (Lipinski definition) is 2. The monoisotopic (exact) mass is 638 g/mol. The molecule has 2 aromatic carbocycles. The zero-order chi connectivity index (χ0) is 31.8. The van der Waals surface area contributed by atoms with Crippen LogP contribution in [0.1, 0.15) is 31.0 Å². The molecule has 14 heteroatoms. The van der Waals surface area contributed by atoms with Crippen molar-refractivity contribution in [2.45, 2.75) is 41.6 Å². The Morgan fingerprint density at radius 3 is 2.16 bits per heavy atom. The molecule has 234 valence electrons. The van der Waals surface area contributed by atoms with Crippen LogP contribution < -0.4 is 15.5 Å². The molecular formula is C31H29F3N6O4S. The van der Waals surface area contributed by atoms with E-state index in [1.807, 2.05) is 6.92 Å². The third-order valence-electron chi connectivity index (χ3n) is 7.89. The summed E-state index contributed by atoms with van der Waals surface area (Å²) in [5.74, 6) is 0.929. The van der Waals surface area contributed by atoms with Crippen molar-refractivity contribution in [3.05, 3.63) is 90.4 Å². The predicted molar refractivity (Wildman–Crippen MR) is 162 cm³/mol. The zero-order valence-corrected chi connectivity index (χ0v) is 24.9. The number of amides is 2. The molecule has 0 unspecified atom stereocenters. The number of carbonyl (C=O) groups is 1. The van der Waals surface area contributed by atoms with E-state index in [9.17, 15) is 26.4 Å². The summed E-state index contributed by atoms with van der Waals surface area (Å²) < 4.78 is 70.5. The summed E-state index contributed by atoms with van der Waals surface area (Å²) in [5, 5.41) is 5.15. The summed E-state index contributed by atoms with van der Waals surface area (Å²) in [6, 6.07) is 14.9. The first kappa shape index (κ1) is 30.5. The first-order valence-corrected chi connectivity index (χ1v) is 15.7. The normalized spacial score (nSPS) is 17.9. The lowest BCUT2D eigenvalue weighted by Crippen LogP contribution is -2.44. The molecule has 4 aromatic rings. The highest BCUT2D eigenvalue weighted by molar-refractivity contribution is 7.92. The summed E-state index contributed by atoms with van der Waals surface area (Å²) in [4.78, 5) is 28.3. The molecule has 6 rings (SSSR count). The maximum absolute atomic E-state index is 13.8. The number of aromatic nitrogens is 3. The van der Waals surface area contributed by atoms with Gasteiger partial charge in [0.05, 0.1) is 35.4 Å². The lowest BCUT2D eigenvalue weighted by Gasteiger charge is -2.34. The summed E-state index contributed by atoms with van der Waals surface area (Å²) >= 11 is 0. The van der Waals surface area contributed by atoms with Gasteiger partial charge in [0.1, 0.15) is 10.6 Å². The third-order valence-corrected chi connectivity index (χ3v) is 10.4. The second-order valence-corrected chi connectivity index (χ2v) is 13.2. The summed E-state index contributed by atoms with van der Waals surface area (Å²) in [6.45, 7) is 3.61. The van der Waals surface area contributed by atoms with Gasteiger partial charge in [-0.25, -0.2) is 23.2 Å². The molecule has 0 radical (unpaired) electrons. The van der Waals surface area contributed by atoms with E-state index in [-0.39, 0.29) is 16.6 Å². The van der Waals surface area contributed by atoms with Crippen molar-refractivity contribution < 1.29 is 31.1 Å². The number of sulfone groups is 1. The quantitative estimate of drug-likeness (QED) is 0.257. The van der Waals surface area contributed by atoms with Crippen molar-refractivity contribution in [2.75, 3.05) is 35.3 Å². The number of halogens is 3. The number of ether oxygens (including phenoxy) is 1. The number of morpholine rings is 1. The minimum Gasteiger partial charge on any atom is -0.377 e. The smallest absolute Gasteiger partial charge is 0.377 e. The van der Waals surface area contributed by atoms with E-state index in [0.717, 1.165) is 12.1 Å². The molecule has 0 spiro atoms. The fourth-order valence-electron chi connectivity index (χ4n) is 5.27. The van der Waals surface area contributed by atoms with Crippen LogP contribution in [0.5, 0.6) is 0 Å². The molecular weight excluding hydrogens is 609 g/mol. The molecule has 1 aliphatic heterocycles. The second kappa shape index (κ2) is 11.7. The van der Waals surface area contributed by atoms with Gasteiger partial charge in [0, 0.05) is 41.9 Å². The number of nitrogens with zero attached hydrogens (tertiary/aromatic N) is 4. The molecule has 1 saturated heterocycles. The lowest BCUT2D eigenvalue weighted by molar-refractivity contribution is -0.137. The van der Waals surface area contributed by atoms with E-state index in [0.29, 0.717) is 61.2 Å². The fourth-order valence-corrected chi connectivity index (χ4v) is 7.22. The number of rotatable bonds is 7. The molecule has 2 fully saturated rings. The van der Waals surface area contributed by atoms with Crippen molar-refractivity contribution in [3.8, 4) is 11.4 Å². The van der Waals surface area contributed by atoms with Crippen LogP contribution in [0.3, 0.4) is 0 Å². The van der Waals surface area contributed by atoms with Crippen molar-refractivity contribution >= 4 is 33.1 Å². The van der Waals surface area contributed by atoms with Gasteiger partial charge in [0.25, 0.3) is 0 Å². The van der Waals surface area contributed by atoms with E-state index in [1.165, 1.54) is 36.7 Å². The Labute approximate surface area is 257 Å². The van der Waals surface area contributed by atoms with Crippen LogP contribution in [0.25, 0.3) is 11.4 Å². The van der Waals surface area contributed by atoms with Gasteiger partial charge in [-0.05, 0) is 80.4 Å². The molecule has 45 heavy (non-hydrogen) atoms. The largest absolute Gasteiger partial charge is 0.416 e. The minimum atomic E-state index is -4.47. The van der Waals surface area contributed by atoms with Crippen LogP contribution in [0.15, 0.2) is 84.0 Å². The molecule has 1 aliphatic carbocycles. The standard InChI is InChI=1S/C31H29F3N6O4S/c1-20-19-44-17-16-40(20)27-18-26(30(12-13-30)45(42,43)25-10-14-35-15-11-25)38-28(39-27)21-2-6-23(7-3-21)36-29(41)37-24-8-4-22(5-9-24)31(32,33)34/h2-11,14-15,18,20H,12-13,16-17,19H2,1H3,(H2,36,37,41)/t20-/m0/s1. The van der Waals surface area contributed by atoms with Gasteiger partial charge in [-0.2, -0.15) is 13.2 Å². The topological polar surface area (TPSA) is 126 Å². The molecule has 0 bridgehead atoms. The van der Waals surface area contributed by atoms with Crippen LogP contribution >= 0.6 is 0 Å². The Balaban J connectivity index is 1.27. The number of alkyl halides is 3. The highest BCUT2D eigenvalue weighted by Crippen LogP contribution is 2.55. The van der Waals surface area contributed by atoms with Crippen LogP contribution in [0, 0.1) is 0 Å². The molecule has 10 nitrogen and oxygen atoms in total. The average molecular weight is 639 g/mol. The van der Waals surface area contributed by atoms with Gasteiger partial charge in [0.2, 0.25) is 0 Å². The molecule has 1 saturated carbocycles. The SMILES string of the molecule is C[C@H]1COCCN1c1cc(C2(S(=O)(=O)c3ccncc3)CC2)nc(-c2ccc(NC(=O)Nc3ccc(C(F)(F)F)cc3)cc2)n1. The van der Waals surface area contributed by atoms with Crippen molar-refractivity contribution in [1.29, 1.82) is 0 Å². The Morgan fingerprint density at radius 1 is 0.956 bits per heavy atom. The van der Waals surface area contributed by atoms with Crippen LogP contribution in [-0.2, 0) is 25.5 Å². The maximum Gasteiger partial charge on any atom is 0.416 e. The van der Waals surface area contributed by atoms with Gasteiger partial charge in [0.15, 0.2) is 15.7 Å². The van der Waals surface area contributed by atoms with Crippen LogP contribution in [0.2, 0.25) is 0 Å². The van der Waals surface area contributed by atoms with Crippen LogP contribution in [0.4, 0.5) is 35.2 Å². The Bertz CT molecular complexity index is 1800. The highest BCUT2D eigenvalue weighted by atomic mass is 32.2. The summed E-state index contributed by atoms with van der Waals surface area (Å²) in [5.41, 5.74) is 0.813. The van der Waals surface area contributed by atoms with E-state index in [1.54, 1.807) is 30.3 Å². The number of carbonyl (C=O) groups excluding carboxylic acids is 1. The number of benzene rings is 2. The number of anilines is 3. The number of hydrogen-bond acceptors (Lipinski definition) is 8. The molecule has 2 aliphatic rings. The van der Waals surface area contributed by atoms with Gasteiger partial charge < -0.3 is 20.3 Å². The van der Waals surface area contributed by atoms with Gasteiger partial charge >= 0.3 is 12.2 Å². The fraction of sp³-hybridized carbons (Fsp3) is 0.290. The number of pyridine rings is 1. The summed E-state index contributed by atoms with van der Waals surface area (Å²) in [7, 11) is -3.78. The minimum absolute atomic E-state index is 0.0102. The molecule has 2 N–H and O–H groups in total. The van der Waals surface area contributed by atoms with Gasteiger partial charge in [-0.3, -0.25) is 4.98 Å². The molecule has 2 aromatic heterocycles. The van der Waals surface area contributed by atoms with Crippen molar-refractivity contribution in [1.82, 2.24) is 15.0 Å². The van der Waals surface area contributed by atoms with Crippen molar-refractivity contribution in [2.24, 2.45) is 0 Å². The Kier molecular flexibility index (Phi) is 7.95. The van der Waals surface area contributed by atoms with E-state index < -0.39 is 32.4 Å². The maximum atomic E-state index is 13.8. The lowest BCUT2D eigenvalue weighted by atomic mass is 10.1. The first-order valence-electron chi connectivity index (χ1n) is 14.2. The second-order valence-electron chi connectivity index (χ2n) is 11.0. The van der Waals surface area contributed by atoms with Crippen LogP contribution in [-0.4, -0.2) is 55.2 Å². The van der Waals surface area contributed by atoms with Gasteiger partial charge in [-0.15, -0.1) is 0 Å². The van der Waals surface area contributed by atoms with E-state index in [2.05, 4.69) is 20.5 Å². The third kappa shape index (κ3) is 6.20. The number of urea groups is 1. The first-order chi connectivity index (χ1) is 21.5. The Morgan fingerprint density at radius 2 is 1.58 bits per heavy atom. The van der Waals surface area contributed by atoms with Crippen molar-refractivity contribution in [3.63, 3.8) is 0 Å². The predicted octanol–water partition coefficient (Wildman–Crippen LogP) is 5.89. The van der Waals surface area contributed by atoms with E-state index in [4.69, 9.17) is 14.7 Å². The molecule has 2 amide bonds.